The Balaban J connectivity index is 6.18. The predicted molar refractivity (Wildman–Crippen MR) is 107 cm³/mol. The van der Waals surface area contributed by atoms with E-state index in [2.05, 4.69) is 14.2 Å². The van der Waals surface area contributed by atoms with Crippen molar-refractivity contribution in [2.45, 2.75) is 79.4 Å². The zero-order valence-corrected chi connectivity index (χ0v) is 22.7. The maximum absolute atomic E-state index is 13.8. The van der Waals surface area contributed by atoms with Crippen LogP contribution in [0.1, 0.15) is 13.3 Å². The molecule has 0 aliphatic rings. The van der Waals surface area contributed by atoms with E-state index in [1.165, 1.54) is 9.47 Å². The summed E-state index contributed by atoms with van der Waals surface area (Å²) in [7, 11) is 0. The molecule has 2 N–H and O–H groups in total. The van der Waals surface area contributed by atoms with Crippen LogP contribution in [0.25, 0.3) is 0 Å². The highest BCUT2D eigenvalue weighted by atomic mass is 19.4. The van der Waals surface area contributed by atoms with E-state index < -0.39 is 112 Å². The molecule has 0 radical (unpaired) electrons. The lowest BCUT2D eigenvalue weighted by Gasteiger charge is -2.40. The molecule has 0 saturated carbocycles. The van der Waals surface area contributed by atoms with Gasteiger partial charge < -0.3 is 24.4 Å². The molecular weight excluding hydrogens is 732 g/mol. The fourth-order valence-electron chi connectivity index (χ4n) is 2.55. The van der Waals surface area contributed by atoms with Crippen LogP contribution in [-0.2, 0) is 23.7 Å². The number of halogens is 20. The molecule has 0 fully saturated rings. The van der Waals surface area contributed by atoms with Gasteiger partial charge in [-0.05, 0) is 6.42 Å². The van der Waals surface area contributed by atoms with Gasteiger partial charge in [0.05, 0.1) is 26.4 Å². The van der Waals surface area contributed by atoms with Gasteiger partial charge in [-0.25, -0.2) is 9.47 Å². The van der Waals surface area contributed by atoms with Gasteiger partial charge in [-0.1, -0.05) is 6.92 Å². The topological polar surface area (TPSA) is 86.6 Å². The second-order valence-corrected chi connectivity index (χ2v) is 9.00. The maximum Gasteiger partial charge on any atom is 0.430 e. The van der Waals surface area contributed by atoms with Crippen molar-refractivity contribution >= 4 is 0 Å². The Kier molecular flexibility index (Phi) is 14.5. The lowest BCUT2D eigenvalue weighted by molar-refractivity contribution is -0.539. The molecule has 0 aromatic heterocycles. The fourth-order valence-corrected chi connectivity index (χ4v) is 2.55. The number of alkyl halides is 20. The number of aliphatic hydroxyl groups excluding tert-OH is 2. The Morgan fingerprint density at radius 1 is 0.468 bits per heavy atom. The molecule has 0 bridgehead atoms. The van der Waals surface area contributed by atoms with Crippen molar-refractivity contribution in [3.05, 3.63) is 0 Å². The molecule has 47 heavy (non-hydrogen) atoms. The van der Waals surface area contributed by atoms with Crippen molar-refractivity contribution in [3.63, 3.8) is 0 Å². The van der Waals surface area contributed by atoms with E-state index in [4.69, 9.17) is 5.11 Å². The second kappa shape index (κ2) is 15.1. The number of ether oxygens (including phenoxy) is 5. The Morgan fingerprint density at radius 3 is 1.13 bits per heavy atom. The average molecular weight is 754 g/mol. The number of hydrogen-bond donors (Lipinski definition) is 2. The first kappa shape index (κ1) is 45.3. The molecule has 0 rings (SSSR count). The Morgan fingerprint density at radius 2 is 0.787 bits per heavy atom. The SMILES string of the molecule is CCCOCC(F)(F)C(F)(F)C(F)(F)OC(F)(F)C(F)(F)C(F)(F)C(F)(F)OC(F)(F)C(F)(F)C(F)(F)COCC(O)COCCO. The van der Waals surface area contributed by atoms with Gasteiger partial charge in [-0.2, -0.15) is 87.8 Å². The molecule has 0 aromatic carbocycles. The van der Waals surface area contributed by atoms with Gasteiger partial charge in [-0.15, -0.1) is 0 Å². The van der Waals surface area contributed by atoms with Crippen LogP contribution in [0, 0.1) is 0 Å². The molecule has 0 heterocycles. The third-order valence-corrected chi connectivity index (χ3v) is 5.06. The number of hydrogen-bond acceptors (Lipinski definition) is 7. The Bertz CT molecular complexity index is 978. The smallest absolute Gasteiger partial charge is 0.394 e. The van der Waals surface area contributed by atoms with E-state index in [0.717, 1.165) is 6.92 Å². The first-order valence-corrected chi connectivity index (χ1v) is 11.9. The van der Waals surface area contributed by atoms with Crippen LogP contribution in [0.3, 0.4) is 0 Å². The Labute approximate surface area is 248 Å². The van der Waals surface area contributed by atoms with E-state index in [1.807, 2.05) is 0 Å². The molecular formula is C20H22F20O7. The zero-order valence-electron chi connectivity index (χ0n) is 22.7. The summed E-state index contributed by atoms with van der Waals surface area (Å²) in [5.74, 6) is -45.0. The maximum atomic E-state index is 13.8. The van der Waals surface area contributed by atoms with Gasteiger partial charge in [-0.3, -0.25) is 0 Å². The minimum atomic E-state index is -8.58. The van der Waals surface area contributed by atoms with Gasteiger partial charge in [0.15, 0.2) is 0 Å². The molecule has 7 nitrogen and oxygen atoms in total. The molecule has 284 valence electrons. The normalized spacial score (nSPS) is 16.1. The molecule has 0 aromatic rings. The van der Waals surface area contributed by atoms with Crippen LogP contribution in [0.5, 0.6) is 0 Å². The van der Waals surface area contributed by atoms with Crippen molar-refractivity contribution in [2.24, 2.45) is 0 Å². The molecule has 0 aliphatic carbocycles. The van der Waals surface area contributed by atoms with Crippen LogP contribution in [0.2, 0.25) is 0 Å². The van der Waals surface area contributed by atoms with Gasteiger partial charge in [0.2, 0.25) is 0 Å². The third-order valence-electron chi connectivity index (χ3n) is 5.06. The van der Waals surface area contributed by atoms with Crippen molar-refractivity contribution in [1.29, 1.82) is 0 Å². The molecule has 27 heteroatoms. The number of rotatable bonds is 23. The number of aliphatic hydroxyl groups is 2. The van der Waals surface area contributed by atoms with E-state index in [0.29, 0.717) is 0 Å². The fraction of sp³-hybridized carbons (Fsp3) is 1.00. The summed E-state index contributed by atoms with van der Waals surface area (Å²) in [6.07, 6.45) is -34.3. The van der Waals surface area contributed by atoms with Crippen molar-refractivity contribution in [2.75, 3.05) is 46.2 Å². The van der Waals surface area contributed by atoms with Crippen LogP contribution < -0.4 is 0 Å². The predicted octanol–water partition coefficient (Wildman–Crippen LogP) is 6.02. The molecule has 1 unspecified atom stereocenters. The van der Waals surface area contributed by atoms with Gasteiger partial charge in [0, 0.05) is 6.61 Å². The van der Waals surface area contributed by atoms with Crippen LogP contribution >= 0.6 is 0 Å². The lowest BCUT2D eigenvalue weighted by atomic mass is 10.1. The molecule has 0 saturated heterocycles. The third kappa shape index (κ3) is 9.52. The van der Waals surface area contributed by atoms with Crippen LogP contribution in [-0.4, -0.2) is 123 Å². The van der Waals surface area contributed by atoms with Crippen LogP contribution in [0.15, 0.2) is 0 Å². The molecule has 0 aliphatic heterocycles. The summed E-state index contributed by atoms with van der Waals surface area (Å²) < 4.78 is 288. The second-order valence-electron chi connectivity index (χ2n) is 9.00. The van der Waals surface area contributed by atoms with Gasteiger partial charge >= 0.3 is 60.0 Å². The highest BCUT2D eigenvalue weighted by molar-refractivity contribution is 5.01. The summed E-state index contributed by atoms with van der Waals surface area (Å²) in [5, 5.41) is 17.6. The molecule has 0 amide bonds. The quantitative estimate of drug-likeness (QED) is 0.0977. The highest BCUT2D eigenvalue weighted by Crippen LogP contribution is 2.59. The summed E-state index contributed by atoms with van der Waals surface area (Å²) in [5.41, 5.74) is 0. The standard InChI is InChI=1S/C20H22F20O7/c1-2-4-44-8-11(21,22)13(25,26)17(33,34)46-19(37,38)15(29,30)16(31,32)20(39,40)47-18(35,36)14(27,28)12(23,24)9-45-7-10(42)6-43-5-3-41/h10,41-42H,2-9H2,1H3. The van der Waals surface area contributed by atoms with Crippen molar-refractivity contribution in [3.8, 4) is 0 Å². The molecule has 1 atom stereocenters. The lowest BCUT2D eigenvalue weighted by Crippen LogP contribution is -2.69. The van der Waals surface area contributed by atoms with Gasteiger partial charge in [0.1, 0.15) is 19.3 Å². The van der Waals surface area contributed by atoms with E-state index >= 15 is 0 Å². The first-order chi connectivity index (χ1) is 20.7. The largest absolute Gasteiger partial charge is 0.430 e. The van der Waals surface area contributed by atoms with Crippen molar-refractivity contribution in [1.82, 2.24) is 0 Å². The Hall–Kier alpha value is -1.68. The summed E-state index contributed by atoms with van der Waals surface area (Å²) in [6, 6.07) is 0. The van der Waals surface area contributed by atoms with Crippen LogP contribution in [0.4, 0.5) is 87.8 Å². The summed E-state index contributed by atoms with van der Waals surface area (Å²) in [4.78, 5) is 0. The summed E-state index contributed by atoms with van der Waals surface area (Å²) >= 11 is 0. The minimum absolute atomic E-state index is 0.271. The minimum Gasteiger partial charge on any atom is -0.394 e. The monoisotopic (exact) mass is 754 g/mol. The van der Waals surface area contributed by atoms with Crippen molar-refractivity contribution < 1.29 is 122 Å². The first-order valence-electron chi connectivity index (χ1n) is 11.9. The van der Waals surface area contributed by atoms with Gasteiger partial charge in [0.25, 0.3) is 0 Å². The van der Waals surface area contributed by atoms with E-state index in [-0.39, 0.29) is 6.42 Å². The highest BCUT2D eigenvalue weighted by Gasteiger charge is 2.88. The average Bonchev–Trinajstić information content (AvgIpc) is 2.86. The van der Waals surface area contributed by atoms with E-state index in [1.54, 1.807) is 0 Å². The zero-order chi connectivity index (χ0) is 37.8. The summed E-state index contributed by atoms with van der Waals surface area (Å²) in [6.45, 7) is -9.14. The molecule has 0 spiro atoms. The van der Waals surface area contributed by atoms with E-state index in [9.17, 15) is 92.9 Å².